The van der Waals surface area contributed by atoms with Crippen LogP contribution in [0.25, 0.3) is 11.1 Å². The highest BCUT2D eigenvalue weighted by Gasteiger charge is 2.53. The van der Waals surface area contributed by atoms with Gasteiger partial charge < -0.3 is 19.3 Å². The van der Waals surface area contributed by atoms with Gasteiger partial charge in [0.25, 0.3) is 5.91 Å². The number of hydrogen-bond donors (Lipinski definition) is 0. The Morgan fingerprint density at radius 3 is 1.68 bits per heavy atom. The lowest BCUT2D eigenvalue weighted by molar-refractivity contribution is -0.175. The molecule has 9 nitrogen and oxygen atoms in total. The maximum absolute atomic E-state index is 13.6. The van der Waals surface area contributed by atoms with Gasteiger partial charge in [-0.15, -0.1) is 0 Å². The van der Waals surface area contributed by atoms with Gasteiger partial charge in [0.15, 0.2) is 11.2 Å². The van der Waals surface area contributed by atoms with Gasteiger partial charge in [-0.05, 0) is 49.2 Å². The summed E-state index contributed by atoms with van der Waals surface area (Å²) >= 11 is 3.42. The summed E-state index contributed by atoms with van der Waals surface area (Å²) in [6.45, 7) is 4.07. The second-order valence-electron chi connectivity index (χ2n) is 10.4. The number of piperazine rings is 1. The predicted molar refractivity (Wildman–Crippen MR) is 168 cm³/mol. The Kier molecular flexibility index (Phi) is 11.1. The first kappa shape index (κ1) is 32.6. The second-order valence-corrected chi connectivity index (χ2v) is 11.3. The molecule has 0 spiro atoms. The van der Waals surface area contributed by atoms with Crippen LogP contribution in [0.4, 0.5) is 0 Å². The topological polar surface area (TPSA) is 110 Å². The molecule has 1 fully saturated rings. The summed E-state index contributed by atoms with van der Waals surface area (Å²) in [7, 11) is 0. The summed E-state index contributed by atoms with van der Waals surface area (Å²) in [5, 5.41) is 0. The standard InChI is InChI=1S/C34H35BrN2O7/c1-3-43-32(41)34(33(42)44-4-2,22-29(38)26-12-10-24(11-13-26)25-14-16-28(35)17-15-25)23-30(39)36-18-20-37(21-19-36)31(40)27-8-6-5-7-9-27/h5-17H,3-4,18-23H2,1-2H3. The van der Waals surface area contributed by atoms with Gasteiger partial charge in [0.05, 0.1) is 19.6 Å². The zero-order valence-corrected chi connectivity index (χ0v) is 26.4. The van der Waals surface area contributed by atoms with E-state index in [-0.39, 0.29) is 50.9 Å². The van der Waals surface area contributed by atoms with Crippen molar-refractivity contribution in [1.29, 1.82) is 0 Å². The molecule has 3 aromatic carbocycles. The summed E-state index contributed by atoms with van der Waals surface area (Å²) < 4.78 is 11.5. The van der Waals surface area contributed by atoms with Crippen LogP contribution < -0.4 is 0 Å². The number of hydrogen-bond acceptors (Lipinski definition) is 7. The van der Waals surface area contributed by atoms with Gasteiger partial charge in [0, 0.05) is 48.2 Å². The Morgan fingerprint density at radius 1 is 0.659 bits per heavy atom. The number of ether oxygens (including phenoxy) is 2. The Hall–Kier alpha value is -4.31. The third-order valence-corrected chi connectivity index (χ3v) is 8.10. The molecule has 0 bridgehead atoms. The van der Waals surface area contributed by atoms with Crippen molar-refractivity contribution in [3.05, 3.63) is 94.5 Å². The van der Waals surface area contributed by atoms with E-state index in [9.17, 15) is 24.0 Å². The monoisotopic (exact) mass is 662 g/mol. The molecule has 44 heavy (non-hydrogen) atoms. The van der Waals surface area contributed by atoms with E-state index < -0.39 is 41.9 Å². The SMILES string of the molecule is CCOC(=O)C(CC(=O)c1ccc(-c2ccc(Br)cc2)cc1)(CC(=O)N1CCN(C(=O)c2ccccc2)CC1)C(=O)OCC. The Morgan fingerprint density at radius 2 is 1.16 bits per heavy atom. The third kappa shape index (κ3) is 7.60. The van der Waals surface area contributed by atoms with Crippen LogP contribution in [0.15, 0.2) is 83.3 Å². The molecule has 3 aromatic rings. The molecule has 0 aliphatic carbocycles. The lowest BCUT2D eigenvalue weighted by Crippen LogP contribution is -2.53. The quantitative estimate of drug-likeness (QED) is 0.158. The van der Waals surface area contributed by atoms with E-state index in [2.05, 4.69) is 15.9 Å². The van der Waals surface area contributed by atoms with Crippen molar-refractivity contribution in [1.82, 2.24) is 9.80 Å². The first-order valence-corrected chi connectivity index (χ1v) is 15.3. The molecule has 0 aromatic heterocycles. The number of halogens is 1. The number of nitrogens with zero attached hydrogens (tertiary/aromatic N) is 2. The molecule has 1 heterocycles. The molecule has 0 atom stereocenters. The Bertz CT molecular complexity index is 1460. The van der Waals surface area contributed by atoms with Crippen LogP contribution in [-0.4, -0.2) is 78.7 Å². The van der Waals surface area contributed by atoms with Crippen LogP contribution in [-0.2, 0) is 23.9 Å². The number of Topliss-reactive ketones (excluding diaryl/α,β-unsaturated/α-hetero) is 1. The van der Waals surface area contributed by atoms with E-state index in [1.165, 1.54) is 4.90 Å². The van der Waals surface area contributed by atoms with Gasteiger partial charge in [-0.1, -0.05) is 70.5 Å². The summed E-state index contributed by atoms with van der Waals surface area (Å²) in [5.41, 5.74) is 0.511. The number of benzene rings is 3. The van der Waals surface area contributed by atoms with E-state index in [1.54, 1.807) is 67.3 Å². The van der Waals surface area contributed by atoms with Crippen molar-refractivity contribution >= 4 is 45.5 Å². The largest absolute Gasteiger partial charge is 0.465 e. The van der Waals surface area contributed by atoms with Crippen molar-refractivity contribution in [2.45, 2.75) is 26.7 Å². The molecule has 10 heteroatoms. The molecule has 1 aliphatic heterocycles. The van der Waals surface area contributed by atoms with E-state index in [1.807, 2.05) is 30.3 Å². The second kappa shape index (κ2) is 14.9. The fourth-order valence-electron chi connectivity index (χ4n) is 5.13. The van der Waals surface area contributed by atoms with Crippen molar-refractivity contribution in [2.75, 3.05) is 39.4 Å². The van der Waals surface area contributed by atoms with Gasteiger partial charge >= 0.3 is 11.9 Å². The molecule has 230 valence electrons. The fraction of sp³-hybridized carbons (Fsp3) is 0.324. The lowest BCUT2D eigenvalue weighted by Gasteiger charge is -2.36. The van der Waals surface area contributed by atoms with Crippen molar-refractivity contribution in [3.8, 4) is 11.1 Å². The van der Waals surface area contributed by atoms with E-state index in [4.69, 9.17) is 9.47 Å². The summed E-state index contributed by atoms with van der Waals surface area (Å²) in [6, 6.07) is 23.4. The number of ketones is 1. The van der Waals surface area contributed by atoms with E-state index >= 15 is 0 Å². The summed E-state index contributed by atoms with van der Waals surface area (Å²) in [6.07, 6.45) is -1.19. The Labute approximate surface area is 265 Å². The smallest absolute Gasteiger partial charge is 0.324 e. The van der Waals surface area contributed by atoms with Gasteiger partial charge in [-0.2, -0.15) is 0 Å². The van der Waals surface area contributed by atoms with E-state index in [0.29, 0.717) is 5.56 Å². The predicted octanol–water partition coefficient (Wildman–Crippen LogP) is 5.18. The molecule has 0 N–H and O–H groups in total. The fourth-order valence-corrected chi connectivity index (χ4v) is 5.40. The summed E-state index contributed by atoms with van der Waals surface area (Å²) in [4.78, 5) is 70.1. The van der Waals surface area contributed by atoms with Gasteiger partial charge in [-0.25, -0.2) is 0 Å². The molecule has 1 aliphatic rings. The first-order valence-electron chi connectivity index (χ1n) is 14.5. The average Bonchev–Trinajstić information content (AvgIpc) is 3.05. The Balaban J connectivity index is 1.53. The zero-order valence-electron chi connectivity index (χ0n) is 24.8. The highest BCUT2D eigenvalue weighted by atomic mass is 79.9. The van der Waals surface area contributed by atoms with Gasteiger partial charge in [-0.3, -0.25) is 24.0 Å². The van der Waals surface area contributed by atoms with Gasteiger partial charge in [0.2, 0.25) is 5.91 Å². The zero-order chi connectivity index (χ0) is 31.7. The molecule has 0 radical (unpaired) electrons. The molecule has 1 saturated heterocycles. The minimum Gasteiger partial charge on any atom is -0.465 e. The average molecular weight is 664 g/mol. The molecule has 4 rings (SSSR count). The highest BCUT2D eigenvalue weighted by Crippen LogP contribution is 2.34. The molecular weight excluding hydrogens is 628 g/mol. The van der Waals surface area contributed by atoms with Crippen molar-refractivity contribution < 1.29 is 33.4 Å². The van der Waals surface area contributed by atoms with Crippen molar-refractivity contribution in [2.24, 2.45) is 5.41 Å². The van der Waals surface area contributed by atoms with Gasteiger partial charge in [0.1, 0.15) is 0 Å². The van der Waals surface area contributed by atoms with Crippen molar-refractivity contribution in [3.63, 3.8) is 0 Å². The van der Waals surface area contributed by atoms with E-state index in [0.717, 1.165) is 15.6 Å². The number of carbonyl (C=O) groups is 5. The number of esters is 2. The lowest BCUT2D eigenvalue weighted by atomic mass is 9.77. The minimum atomic E-state index is -2.17. The number of rotatable bonds is 11. The molecule has 0 saturated carbocycles. The van der Waals surface area contributed by atoms with Crippen LogP contribution in [0.3, 0.4) is 0 Å². The number of carbonyl (C=O) groups excluding carboxylic acids is 5. The maximum atomic E-state index is 13.6. The minimum absolute atomic E-state index is 0.0511. The molecule has 0 unspecified atom stereocenters. The van der Waals surface area contributed by atoms with Crippen LogP contribution in [0, 0.1) is 5.41 Å². The van der Waals surface area contributed by atoms with Crippen LogP contribution >= 0.6 is 15.9 Å². The summed E-state index contributed by atoms with van der Waals surface area (Å²) in [5.74, 6) is -3.10. The first-order chi connectivity index (χ1) is 21.2. The normalized spacial score (nSPS) is 13.2. The van der Waals surface area contributed by atoms with Crippen LogP contribution in [0.1, 0.15) is 47.4 Å². The van der Waals surface area contributed by atoms with Crippen LogP contribution in [0.2, 0.25) is 0 Å². The highest BCUT2D eigenvalue weighted by molar-refractivity contribution is 9.10. The molecule has 2 amide bonds. The number of amides is 2. The maximum Gasteiger partial charge on any atom is 0.324 e. The third-order valence-electron chi connectivity index (χ3n) is 7.57. The van der Waals surface area contributed by atoms with Crippen LogP contribution in [0.5, 0.6) is 0 Å². The molecular formula is C34H35BrN2O7.